The number of hydrogen-bond donors (Lipinski definition) is 2. The molecule has 2 rings (SSSR count). The lowest BCUT2D eigenvalue weighted by molar-refractivity contribution is 0.104. The van der Waals surface area contributed by atoms with E-state index in [0.29, 0.717) is 11.3 Å². The fraction of sp³-hybridized carbons (Fsp3) is 0.950. The molecule has 1 unspecified atom stereocenters. The van der Waals surface area contributed by atoms with Crippen LogP contribution in [0.2, 0.25) is 0 Å². The van der Waals surface area contributed by atoms with E-state index in [9.17, 15) is 0 Å². The molecule has 2 fully saturated rings. The van der Waals surface area contributed by atoms with Gasteiger partial charge in [-0.15, -0.1) is 24.0 Å². The third-order valence-corrected chi connectivity index (χ3v) is 5.89. The summed E-state index contributed by atoms with van der Waals surface area (Å²) in [6, 6.07) is 0. The Morgan fingerprint density at radius 3 is 2.23 bits per heavy atom. The molecule has 0 radical (unpaired) electrons. The summed E-state index contributed by atoms with van der Waals surface area (Å²) in [4.78, 5) is 9.44. The minimum atomic E-state index is 0. The van der Waals surface area contributed by atoms with Crippen molar-refractivity contribution in [3.8, 4) is 0 Å². The molecule has 1 aliphatic heterocycles. The molecule has 2 aliphatic rings. The van der Waals surface area contributed by atoms with Gasteiger partial charge in [-0.3, -0.25) is 4.99 Å². The topological polar surface area (TPSA) is 42.9 Å². The molecule has 0 aromatic heterocycles. The first-order chi connectivity index (χ1) is 11.9. The number of likely N-dealkylation sites (N-methyl/N-ethyl adjacent to an activating group) is 1. The van der Waals surface area contributed by atoms with Crippen LogP contribution in [-0.2, 0) is 0 Å². The molecule has 0 amide bonds. The summed E-state index contributed by atoms with van der Waals surface area (Å²) in [6.07, 6.45) is 5.46. The van der Waals surface area contributed by atoms with Gasteiger partial charge in [0.15, 0.2) is 5.96 Å². The molecule has 1 atom stereocenters. The Labute approximate surface area is 178 Å². The van der Waals surface area contributed by atoms with Crippen molar-refractivity contribution in [3.05, 3.63) is 0 Å². The molecule has 2 N–H and O–H groups in total. The van der Waals surface area contributed by atoms with Crippen LogP contribution < -0.4 is 10.6 Å². The average Bonchev–Trinajstić information content (AvgIpc) is 2.54. The third-order valence-electron chi connectivity index (χ3n) is 5.89. The Hall–Kier alpha value is -0.0800. The number of rotatable bonds is 8. The van der Waals surface area contributed by atoms with Gasteiger partial charge in [-0.05, 0) is 43.6 Å². The number of halogens is 1. The molecule has 154 valence electrons. The van der Waals surface area contributed by atoms with Crippen molar-refractivity contribution < 1.29 is 0 Å². The van der Waals surface area contributed by atoms with E-state index < -0.39 is 0 Å². The van der Waals surface area contributed by atoms with Gasteiger partial charge >= 0.3 is 0 Å². The molecule has 0 aromatic rings. The Bertz CT molecular complexity index is 414. The molecule has 0 bridgehead atoms. The number of guanidine groups is 1. The molecule has 0 aromatic carbocycles. The number of aliphatic imine (C=N–C) groups is 1. The predicted octanol–water partition coefficient (Wildman–Crippen LogP) is 2.87. The summed E-state index contributed by atoms with van der Waals surface area (Å²) >= 11 is 0. The molecule has 0 spiro atoms. The average molecular weight is 479 g/mol. The highest BCUT2D eigenvalue weighted by molar-refractivity contribution is 14.0. The summed E-state index contributed by atoms with van der Waals surface area (Å²) in [7, 11) is 4.10. The lowest BCUT2D eigenvalue weighted by Crippen LogP contribution is -2.49. The Morgan fingerprint density at radius 1 is 1.08 bits per heavy atom. The van der Waals surface area contributed by atoms with Crippen molar-refractivity contribution >= 4 is 29.9 Å². The monoisotopic (exact) mass is 479 g/mol. The first-order valence-electron chi connectivity index (χ1n) is 10.3. The normalized spacial score (nSPS) is 22.5. The van der Waals surface area contributed by atoms with Crippen molar-refractivity contribution in [2.24, 2.45) is 22.2 Å². The van der Waals surface area contributed by atoms with Crippen LogP contribution >= 0.6 is 24.0 Å². The van der Waals surface area contributed by atoms with Crippen molar-refractivity contribution in [2.45, 2.75) is 46.5 Å². The molecule has 1 saturated carbocycles. The summed E-state index contributed by atoms with van der Waals surface area (Å²) in [6.45, 7) is 15.0. The van der Waals surface area contributed by atoms with Crippen molar-refractivity contribution in [1.29, 1.82) is 0 Å². The van der Waals surface area contributed by atoms with Crippen molar-refractivity contribution in [2.75, 3.05) is 59.9 Å². The van der Waals surface area contributed by atoms with Gasteiger partial charge in [0.05, 0.1) is 0 Å². The predicted molar refractivity (Wildman–Crippen MR) is 124 cm³/mol. The molecule has 26 heavy (non-hydrogen) atoms. The maximum Gasteiger partial charge on any atom is 0.191 e. The molecule has 1 saturated heterocycles. The van der Waals surface area contributed by atoms with E-state index in [4.69, 9.17) is 0 Å². The van der Waals surface area contributed by atoms with Gasteiger partial charge in [-0.25, -0.2) is 0 Å². The fourth-order valence-corrected chi connectivity index (χ4v) is 4.29. The number of hydrogen-bond acceptors (Lipinski definition) is 3. The highest BCUT2D eigenvalue weighted by Crippen LogP contribution is 2.45. The number of piperazine rings is 1. The highest BCUT2D eigenvalue weighted by Gasteiger charge is 2.37. The fourth-order valence-electron chi connectivity index (χ4n) is 4.29. The minimum absolute atomic E-state index is 0. The molecule has 1 aliphatic carbocycles. The lowest BCUT2D eigenvalue weighted by Gasteiger charge is -2.43. The largest absolute Gasteiger partial charge is 0.356 e. The van der Waals surface area contributed by atoms with Gasteiger partial charge < -0.3 is 20.4 Å². The second-order valence-corrected chi connectivity index (χ2v) is 8.97. The Morgan fingerprint density at radius 2 is 1.73 bits per heavy atom. The number of nitrogens with zero attached hydrogens (tertiary/aromatic N) is 3. The minimum Gasteiger partial charge on any atom is -0.356 e. The van der Waals surface area contributed by atoms with Gasteiger partial charge in [0.2, 0.25) is 0 Å². The quantitative estimate of drug-likeness (QED) is 0.319. The van der Waals surface area contributed by atoms with Crippen LogP contribution in [0.4, 0.5) is 0 Å². The SMILES string of the molecule is CN=C(NCC(C)CN1CCN(C)CC1)NCC1(CC(C)C)CCC1.I. The van der Waals surface area contributed by atoms with E-state index in [1.807, 2.05) is 7.05 Å². The lowest BCUT2D eigenvalue weighted by atomic mass is 9.64. The molecule has 5 nitrogen and oxygen atoms in total. The van der Waals surface area contributed by atoms with Crippen LogP contribution in [0.5, 0.6) is 0 Å². The summed E-state index contributed by atoms with van der Waals surface area (Å²) in [5.41, 5.74) is 0.511. The first kappa shape index (κ1) is 24.0. The van der Waals surface area contributed by atoms with Crippen LogP contribution in [0.15, 0.2) is 4.99 Å². The molecular weight excluding hydrogens is 437 g/mol. The third kappa shape index (κ3) is 7.89. The van der Waals surface area contributed by atoms with Gasteiger partial charge in [-0.1, -0.05) is 27.2 Å². The Kier molecular flexibility index (Phi) is 10.8. The maximum atomic E-state index is 4.43. The summed E-state index contributed by atoms with van der Waals surface area (Å²) in [5, 5.41) is 7.14. The highest BCUT2D eigenvalue weighted by atomic mass is 127. The first-order valence-corrected chi connectivity index (χ1v) is 10.3. The second kappa shape index (κ2) is 11.7. The number of nitrogens with one attached hydrogen (secondary N) is 2. The van der Waals surface area contributed by atoms with Crippen LogP contribution in [0.1, 0.15) is 46.5 Å². The Balaban J connectivity index is 0.00000338. The van der Waals surface area contributed by atoms with E-state index in [1.54, 1.807) is 0 Å². The van der Waals surface area contributed by atoms with Crippen LogP contribution in [-0.4, -0.2) is 75.7 Å². The van der Waals surface area contributed by atoms with Crippen LogP contribution in [0.25, 0.3) is 0 Å². The second-order valence-electron chi connectivity index (χ2n) is 8.97. The van der Waals surface area contributed by atoms with Gasteiger partial charge in [0.1, 0.15) is 0 Å². The van der Waals surface area contributed by atoms with Crippen LogP contribution in [0, 0.1) is 17.3 Å². The van der Waals surface area contributed by atoms with E-state index in [0.717, 1.165) is 25.0 Å². The molecule has 6 heteroatoms. The summed E-state index contributed by atoms with van der Waals surface area (Å²) in [5.74, 6) is 2.39. The summed E-state index contributed by atoms with van der Waals surface area (Å²) < 4.78 is 0. The van der Waals surface area contributed by atoms with E-state index >= 15 is 0 Å². The van der Waals surface area contributed by atoms with Gasteiger partial charge in [0.25, 0.3) is 0 Å². The maximum absolute atomic E-state index is 4.43. The zero-order valence-electron chi connectivity index (χ0n) is 17.7. The van der Waals surface area contributed by atoms with Gasteiger partial charge in [-0.2, -0.15) is 0 Å². The van der Waals surface area contributed by atoms with Crippen molar-refractivity contribution in [1.82, 2.24) is 20.4 Å². The standard InChI is InChI=1S/C20H41N5.HI/c1-17(2)13-20(7-6-8-20)16-23-19(21-4)22-14-18(3)15-25-11-9-24(5)10-12-25;/h17-18H,6-16H2,1-5H3,(H2,21,22,23);1H. The van der Waals surface area contributed by atoms with Crippen LogP contribution in [0.3, 0.4) is 0 Å². The molecular formula is C20H42IN5. The molecule has 1 heterocycles. The van der Waals surface area contributed by atoms with E-state index in [1.165, 1.54) is 58.4 Å². The van der Waals surface area contributed by atoms with Gasteiger partial charge in [0, 0.05) is 52.9 Å². The zero-order valence-corrected chi connectivity index (χ0v) is 20.0. The zero-order chi connectivity index (χ0) is 18.3. The smallest absolute Gasteiger partial charge is 0.191 e. The van der Waals surface area contributed by atoms with E-state index in [2.05, 4.69) is 53.2 Å². The van der Waals surface area contributed by atoms with E-state index in [-0.39, 0.29) is 24.0 Å². The van der Waals surface area contributed by atoms with Crippen molar-refractivity contribution in [3.63, 3.8) is 0 Å².